The van der Waals surface area contributed by atoms with Crippen LogP contribution in [-0.2, 0) is 39.6 Å². The minimum atomic E-state index is -4.07. The van der Waals surface area contributed by atoms with Crippen molar-refractivity contribution in [3.05, 3.63) is 0 Å². The summed E-state index contributed by atoms with van der Waals surface area (Å²) in [5, 5.41) is 0. The summed E-state index contributed by atoms with van der Waals surface area (Å²) in [6.45, 7) is 0. The van der Waals surface area contributed by atoms with Crippen molar-refractivity contribution in [2.24, 2.45) is 0 Å². The smallest absolute Gasteiger partial charge is 0.226 e. The summed E-state index contributed by atoms with van der Waals surface area (Å²) in [5.74, 6) is 0. The molecule has 0 aromatic heterocycles. The SMILES string of the molecule is O=P12OP3OP(=O)(O1)OP(=O)(O3)O2. The van der Waals surface area contributed by atoms with Crippen molar-refractivity contribution in [3.8, 4) is 0 Å². The van der Waals surface area contributed by atoms with Gasteiger partial charge in [-0.15, -0.1) is 0 Å². The Bertz CT molecular complexity index is 326. The quantitative estimate of drug-likeness (QED) is 0.612. The summed E-state index contributed by atoms with van der Waals surface area (Å²) in [4.78, 5) is 0. The van der Waals surface area contributed by atoms with Gasteiger partial charge in [0.15, 0.2) is 0 Å². The molecule has 74 valence electrons. The van der Waals surface area contributed by atoms with Crippen LogP contribution in [-0.4, -0.2) is 0 Å². The lowest BCUT2D eigenvalue weighted by Gasteiger charge is -2.41. The number of rotatable bonds is 0. The minimum Gasteiger partial charge on any atom is -0.226 e. The van der Waals surface area contributed by atoms with E-state index in [-0.39, 0.29) is 0 Å². The molecule has 0 atom stereocenters. The van der Waals surface area contributed by atoms with E-state index in [1.807, 2.05) is 0 Å². The minimum absolute atomic E-state index is 2.22. The highest BCUT2D eigenvalue weighted by molar-refractivity contribution is 7.86. The van der Waals surface area contributed by atoms with Gasteiger partial charge in [0, 0.05) is 0 Å². The molecule has 4 aliphatic rings. The molecule has 0 amide bonds. The van der Waals surface area contributed by atoms with Gasteiger partial charge in [-0.3, -0.25) is 0 Å². The zero-order chi connectivity index (χ0) is 9.32. The molecular weight excluding hydrogens is 268 g/mol. The number of phosphoric acid groups is 3. The Balaban J connectivity index is 2.18. The Morgan fingerprint density at radius 2 is 1.00 bits per heavy atom. The predicted molar refractivity (Wildman–Crippen MR) is 36.2 cm³/mol. The van der Waals surface area contributed by atoms with E-state index in [0.29, 0.717) is 0 Å². The summed E-state index contributed by atoms with van der Waals surface area (Å²) in [6.07, 6.45) is 0. The lowest BCUT2D eigenvalue weighted by molar-refractivity contribution is 0.112. The van der Waals surface area contributed by atoms with E-state index in [1.165, 1.54) is 0 Å². The van der Waals surface area contributed by atoms with Crippen LogP contribution in [0.3, 0.4) is 0 Å². The Kier molecular flexibility index (Phi) is 1.64. The molecule has 13 heteroatoms. The monoisotopic (exact) mass is 268 g/mol. The Morgan fingerprint density at radius 1 is 0.692 bits per heavy atom. The van der Waals surface area contributed by atoms with Crippen LogP contribution in [0.25, 0.3) is 0 Å². The summed E-state index contributed by atoms with van der Waals surface area (Å²) in [6, 6.07) is 0. The third-order valence-corrected chi connectivity index (χ3v) is 9.90. The van der Waals surface area contributed by atoms with Gasteiger partial charge in [-0.2, -0.15) is 12.9 Å². The lowest BCUT2D eigenvalue weighted by atomic mass is 15.6. The van der Waals surface area contributed by atoms with Crippen molar-refractivity contribution in [3.63, 3.8) is 0 Å². The molecule has 4 aliphatic heterocycles. The van der Waals surface area contributed by atoms with Crippen LogP contribution in [0.2, 0.25) is 0 Å². The molecule has 9 nitrogen and oxygen atoms in total. The average Bonchev–Trinajstić information content (AvgIpc) is 1.71. The summed E-state index contributed by atoms with van der Waals surface area (Å²) < 4.78 is 59.9. The van der Waals surface area contributed by atoms with Crippen LogP contribution in [0.4, 0.5) is 0 Å². The average molecular weight is 268 g/mol. The number of hydrogen-bond acceptors (Lipinski definition) is 9. The van der Waals surface area contributed by atoms with Crippen molar-refractivity contribution < 1.29 is 39.6 Å². The second kappa shape index (κ2) is 2.34. The molecule has 4 heterocycles. The van der Waals surface area contributed by atoms with Gasteiger partial charge < -0.3 is 0 Å². The van der Waals surface area contributed by atoms with Crippen LogP contribution in [0.15, 0.2) is 0 Å². The van der Waals surface area contributed by atoms with E-state index < -0.39 is 32.1 Å². The van der Waals surface area contributed by atoms with Crippen LogP contribution in [0, 0.1) is 0 Å². The van der Waals surface area contributed by atoms with Crippen LogP contribution in [0.5, 0.6) is 0 Å². The lowest BCUT2D eigenvalue weighted by Crippen LogP contribution is -2.17. The molecule has 13 heavy (non-hydrogen) atoms. The summed E-state index contributed by atoms with van der Waals surface area (Å²) in [5.41, 5.74) is 0. The maximum absolute atomic E-state index is 11.3. The summed E-state index contributed by atoms with van der Waals surface area (Å²) >= 11 is 0. The van der Waals surface area contributed by atoms with Gasteiger partial charge >= 0.3 is 32.1 Å². The fourth-order valence-electron chi connectivity index (χ4n) is 0.791. The van der Waals surface area contributed by atoms with E-state index in [1.54, 1.807) is 0 Å². The van der Waals surface area contributed by atoms with E-state index >= 15 is 0 Å². The maximum Gasteiger partial charge on any atom is 0.499 e. The Labute approximate surface area is 72.4 Å². The fourth-order valence-corrected chi connectivity index (χ4v) is 10.3. The van der Waals surface area contributed by atoms with Gasteiger partial charge in [-0.1, -0.05) is 0 Å². The maximum atomic E-state index is 11.3. The second-order valence-electron chi connectivity index (χ2n) is 2.06. The normalized spacial score (nSPS) is 64.2. The van der Waals surface area contributed by atoms with Gasteiger partial charge in [0.25, 0.3) is 0 Å². The predicted octanol–water partition coefficient (Wildman–Crippen LogP) is 2.68. The van der Waals surface area contributed by atoms with Gasteiger partial charge in [0.05, 0.1) is 0 Å². The van der Waals surface area contributed by atoms with Crippen LogP contribution < -0.4 is 0 Å². The first-order valence-electron chi connectivity index (χ1n) is 2.74. The third-order valence-electron chi connectivity index (χ3n) is 1.10. The topological polar surface area (TPSA) is 107 Å². The van der Waals surface area contributed by atoms with Crippen molar-refractivity contribution >= 4 is 32.1 Å². The van der Waals surface area contributed by atoms with Gasteiger partial charge in [0.1, 0.15) is 0 Å². The first kappa shape index (κ1) is 9.13. The zero-order valence-corrected chi connectivity index (χ0v) is 9.04. The molecule has 0 unspecified atom stereocenters. The van der Waals surface area contributed by atoms with Crippen molar-refractivity contribution in [1.82, 2.24) is 0 Å². The molecule has 0 spiro atoms. The number of hydrogen-bond donors (Lipinski definition) is 0. The molecule has 0 saturated carbocycles. The Hall–Kier alpha value is 0.880. The van der Waals surface area contributed by atoms with Crippen molar-refractivity contribution in [2.75, 3.05) is 0 Å². The molecule has 4 rings (SSSR count). The highest BCUT2D eigenvalue weighted by atomic mass is 31.4. The van der Waals surface area contributed by atoms with E-state index in [2.05, 4.69) is 25.9 Å². The van der Waals surface area contributed by atoms with Crippen LogP contribution >= 0.6 is 32.1 Å². The standard InChI is InChI=1S/O9P4/c1-11-4-10-5-12(2,7-11)9-13(3,6-10)8-11. The second-order valence-corrected chi connectivity index (χ2v) is 9.10. The highest BCUT2D eigenvalue weighted by Gasteiger charge is 2.69. The highest BCUT2D eigenvalue weighted by Crippen LogP contribution is 2.97. The first-order valence-corrected chi connectivity index (χ1v) is 8.22. The first-order chi connectivity index (χ1) is 5.91. The summed E-state index contributed by atoms with van der Waals surface area (Å²) in [7, 11) is -14.4. The fraction of sp³-hybridized carbons (Fsp3) is 0. The van der Waals surface area contributed by atoms with Crippen molar-refractivity contribution in [1.29, 1.82) is 0 Å². The van der Waals surface area contributed by atoms with Gasteiger partial charge in [0.2, 0.25) is 0 Å². The molecular formula is O9P4. The molecule has 0 aliphatic carbocycles. The molecule has 0 aromatic rings. The van der Waals surface area contributed by atoms with E-state index in [4.69, 9.17) is 0 Å². The van der Waals surface area contributed by atoms with E-state index in [9.17, 15) is 13.7 Å². The van der Waals surface area contributed by atoms with Gasteiger partial charge in [-0.05, 0) is 0 Å². The zero-order valence-electron chi connectivity index (χ0n) is 5.46. The molecule has 4 bridgehead atoms. The molecule has 0 N–H and O–H groups in total. The van der Waals surface area contributed by atoms with Gasteiger partial charge in [-0.25, -0.2) is 26.6 Å². The molecule has 4 saturated heterocycles. The van der Waals surface area contributed by atoms with E-state index in [0.717, 1.165) is 0 Å². The Morgan fingerprint density at radius 3 is 1.23 bits per heavy atom. The third kappa shape index (κ3) is 1.33. The molecule has 0 aromatic carbocycles. The molecule has 0 radical (unpaired) electrons. The molecule has 4 fully saturated rings. The van der Waals surface area contributed by atoms with Crippen molar-refractivity contribution in [2.45, 2.75) is 0 Å². The largest absolute Gasteiger partial charge is 0.499 e. The van der Waals surface area contributed by atoms with Crippen LogP contribution in [0.1, 0.15) is 0 Å².